The number of hydrogen-bond acceptors (Lipinski definition) is 3. The first-order chi connectivity index (χ1) is 6.24. The zero-order chi connectivity index (χ0) is 9.68. The first kappa shape index (κ1) is 10.5. The second-order valence-electron chi connectivity index (χ2n) is 3.62. The molecule has 4 nitrogen and oxygen atoms in total. The van der Waals surface area contributed by atoms with Crippen LogP contribution < -0.4 is 10.6 Å². The fraction of sp³-hybridized carbons (Fsp3) is 0.889. The molecular formula is C9H18N2O2. The summed E-state index contributed by atoms with van der Waals surface area (Å²) in [6.45, 7) is 3.66. The van der Waals surface area contributed by atoms with Gasteiger partial charge in [0.2, 0.25) is 5.91 Å². The number of nitrogens with one attached hydrogen (secondary N) is 2. The van der Waals surface area contributed by atoms with E-state index in [-0.39, 0.29) is 24.5 Å². The van der Waals surface area contributed by atoms with Crippen LogP contribution in [0.25, 0.3) is 0 Å². The van der Waals surface area contributed by atoms with Crippen LogP contribution in [0.15, 0.2) is 0 Å². The Morgan fingerprint density at radius 3 is 2.77 bits per heavy atom. The average molecular weight is 186 g/mol. The minimum atomic E-state index is -0.123. The third-order valence-corrected chi connectivity index (χ3v) is 2.37. The molecule has 4 heteroatoms. The molecule has 0 spiro atoms. The molecule has 0 aromatic rings. The number of carbonyl (C=O) groups is 1. The van der Waals surface area contributed by atoms with Gasteiger partial charge < -0.3 is 15.7 Å². The Kier molecular flexibility index (Phi) is 4.18. The molecule has 1 saturated heterocycles. The molecule has 1 amide bonds. The number of amides is 1. The lowest BCUT2D eigenvalue weighted by Crippen LogP contribution is -2.42. The first-order valence-electron chi connectivity index (χ1n) is 4.86. The fourth-order valence-corrected chi connectivity index (χ4v) is 1.49. The Labute approximate surface area is 78.7 Å². The zero-order valence-corrected chi connectivity index (χ0v) is 8.05. The van der Waals surface area contributed by atoms with Crippen molar-refractivity contribution in [2.24, 2.45) is 5.92 Å². The maximum atomic E-state index is 11.5. The highest BCUT2D eigenvalue weighted by Crippen LogP contribution is 2.11. The Hall–Kier alpha value is -0.610. The predicted octanol–water partition coefficient (Wildman–Crippen LogP) is -0.517. The van der Waals surface area contributed by atoms with Crippen molar-refractivity contribution in [3.8, 4) is 0 Å². The summed E-state index contributed by atoms with van der Waals surface area (Å²) < 4.78 is 0. The smallest absolute Gasteiger partial charge is 0.223 e. The summed E-state index contributed by atoms with van der Waals surface area (Å²) in [4.78, 5) is 11.5. The molecule has 1 fully saturated rings. The molecule has 13 heavy (non-hydrogen) atoms. The Morgan fingerprint density at radius 1 is 1.62 bits per heavy atom. The van der Waals surface area contributed by atoms with E-state index in [9.17, 15) is 4.79 Å². The number of aliphatic hydroxyl groups is 1. The SMILES string of the molecule is CC(CO)NC(=O)C1CCNCC1. The first-order valence-corrected chi connectivity index (χ1v) is 4.86. The topological polar surface area (TPSA) is 61.4 Å². The monoisotopic (exact) mass is 186 g/mol. The minimum absolute atomic E-state index is 0.0106. The highest BCUT2D eigenvalue weighted by Gasteiger charge is 2.21. The third-order valence-electron chi connectivity index (χ3n) is 2.37. The molecule has 0 saturated carbocycles. The van der Waals surface area contributed by atoms with E-state index < -0.39 is 0 Å². The van der Waals surface area contributed by atoms with E-state index >= 15 is 0 Å². The Morgan fingerprint density at radius 2 is 2.23 bits per heavy atom. The number of carbonyl (C=O) groups excluding carboxylic acids is 1. The molecule has 1 aliphatic rings. The zero-order valence-electron chi connectivity index (χ0n) is 8.05. The van der Waals surface area contributed by atoms with Crippen molar-refractivity contribution in [3.05, 3.63) is 0 Å². The van der Waals surface area contributed by atoms with Crippen molar-refractivity contribution in [1.82, 2.24) is 10.6 Å². The highest BCUT2D eigenvalue weighted by molar-refractivity contribution is 5.79. The van der Waals surface area contributed by atoms with Crippen molar-refractivity contribution >= 4 is 5.91 Å². The Bertz CT molecular complexity index is 167. The summed E-state index contributed by atoms with van der Waals surface area (Å²) in [7, 11) is 0. The third kappa shape index (κ3) is 3.32. The van der Waals surface area contributed by atoms with Gasteiger partial charge in [-0.05, 0) is 32.9 Å². The molecule has 1 aliphatic heterocycles. The van der Waals surface area contributed by atoms with Crippen molar-refractivity contribution in [1.29, 1.82) is 0 Å². The summed E-state index contributed by atoms with van der Waals surface area (Å²) in [5.74, 6) is 0.221. The Balaban J connectivity index is 2.29. The van der Waals surface area contributed by atoms with Gasteiger partial charge in [-0.25, -0.2) is 0 Å². The van der Waals surface area contributed by atoms with Crippen LogP contribution in [0.2, 0.25) is 0 Å². The summed E-state index contributed by atoms with van der Waals surface area (Å²) >= 11 is 0. The lowest BCUT2D eigenvalue weighted by Gasteiger charge is -2.23. The lowest BCUT2D eigenvalue weighted by atomic mass is 9.97. The number of rotatable bonds is 3. The van der Waals surface area contributed by atoms with Crippen LogP contribution in [-0.4, -0.2) is 36.8 Å². The molecule has 0 aromatic heterocycles. The van der Waals surface area contributed by atoms with E-state index in [0.717, 1.165) is 25.9 Å². The number of aliphatic hydroxyl groups excluding tert-OH is 1. The number of hydrogen-bond donors (Lipinski definition) is 3. The molecule has 0 bridgehead atoms. The standard InChI is InChI=1S/C9H18N2O2/c1-7(6-12)11-9(13)8-2-4-10-5-3-8/h7-8,10,12H,2-6H2,1H3,(H,11,13). The van der Waals surface area contributed by atoms with Crippen LogP contribution in [0.1, 0.15) is 19.8 Å². The van der Waals surface area contributed by atoms with E-state index in [2.05, 4.69) is 10.6 Å². The van der Waals surface area contributed by atoms with Gasteiger partial charge in [0, 0.05) is 12.0 Å². The molecule has 0 aromatic carbocycles. The van der Waals surface area contributed by atoms with Crippen molar-refractivity contribution in [3.63, 3.8) is 0 Å². The van der Waals surface area contributed by atoms with Gasteiger partial charge in [-0.1, -0.05) is 0 Å². The predicted molar refractivity (Wildman–Crippen MR) is 50.3 cm³/mol. The van der Waals surface area contributed by atoms with Gasteiger partial charge in [0.25, 0.3) is 0 Å². The van der Waals surface area contributed by atoms with E-state index in [1.807, 2.05) is 0 Å². The van der Waals surface area contributed by atoms with Crippen LogP contribution in [0, 0.1) is 5.92 Å². The molecule has 1 rings (SSSR count). The van der Waals surface area contributed by atoms with Crippen LogP contribution in [-0.2, 0) is 4.79 Å². The maximum Gasteiger partial charge on any atom is 0.223 e. The molecule has 1 unspecified atom stereocenters. The molecule has 76 valence electrons. The van der Waals surface area contributed by atoms with E-state index in [1.54, 1.807) is 6.92 Å². The van der Waals surface area contributed by atoms with Crippen molar-refractivity contribution in [2.75, 3.05) is 19.7 Å². The van der Waals surface area contributed by atoms with Gasteiger partial charge >= 0.3 is 0 Å². The van der Waals surface area contributed by atoms with Gasteiger partial charge in [0.1, 0.15) is 0 Å². The van der Waals surface area contributed by atoms with Gasteiger partial charge in [0.05, 0.1) is 6.61 Å². The molecule has 3 N–H and O–H groups in total. The van der Waals surface area contributed by atoms with E-state index in [1.165, 1.54) is 0 Å². The van der Waals surface area contributed by atoms with E-state index in [0.29, 0.717) is 0 Å². The second kappa shape index (κ2) is 5.19. The summed E-state index contributed by atoms with van der Waals surface area (Å²) in [5, 5.41) is 14.7. The summed E-state index contributed by atoms with van der Waals surface area (Å²) in [5.41, 5.74) is 0. The van der Waals surface area contributed by atoms with Crippen molar-refractivity contribution in [2.45, 2.75) is 25.8 Å². The minimum Gasteiger partial charge on any atom is -0.394 e. The van der Waals surface area contributed by atoms with Crippen molar-refractivity contribution < 1.29 is 9.90 Å². The molecule has 1 heterocycles. The number of piperidine rings is 1. The molecule has 1 atom stereocenters. The average Bonchev–Trinajstić information content (AvgIpc) is 2.19. The van der Waals surface area contributed by atoms with Crippen LogP contribution in [0.3, 0.4) is 0 Å². The van der Waals surface area contributed by atoms with Crippen LogP contribution >= 0.6 is 0 Å². The summed E-state index contributed by atoms with van der Waals surface area (Å²) in [6, 6.07) is -0.123. The quantitative estimate of drug-likeness (QED) is 0.556. The fourth-order valence-electron chi connectivity index (χ4n) is 1.49. The van der Waals surface area contributed by atoms with E-state index in [4.69, 9.17) is 5.11 Å². The molecule has 0 aliphatic carbocycles. The largest absolute Gasteiger partial charge is 0.394 e. The lowest BCUT2D eigenvalue weighted by molar-refractivity contribution is -0.126. The second-order valence-corrected chi connectivity index (χ2v) is 3.62. The normalized spacial score (nSPS) is 21.1. The van der Waals surface area contributed by atoms with Gasteiger partial charge in [-0.3, -0.25) is 4.79 Å². The van der Waals surface area contributed by atoms with Crippen LogP contribution in [0.4, 0.5) is 0 Å². The summed E-state index contributed by atoms with van der Waals surface area (Å²) in [6.07, 6.45) is 1.81. The maximum absolute atomic E-state index is 11.5. The van der Waals surface area contributed by atoms with Crippen LogP contribution in [0.5, 0.6) is 0 Å². The van der Waals surface area contributed by atoms with Gasteiger partial charge in [0.15, 0.2) is 0 Å². The molecular weight excluding hydrogens is 168 g/mol. The van der Waals surface area contributed by atoms with Gasteiger partial charge in [-0.2, -0.15) is 0 Å². The molecule has 0 radical (unpaired) electrons. The highest BCUT2D eigenvalue weighted by atomic mass is 16.3. The van der Waals surface area contributed by atoms with Gasteiger partial charge in [-0.15, -0.1) is 0 Å².